The molecule has 2 aromatic heterocycles. The summed E-state index contributed by atoms with van der Waals surface area (Å²) < 4.78 is 0.906. The van der Waals surface area contributed by atoms with E-state index in [9.17, 15) is 10.4 Å². The SMILES string of the molecule is Cc1cc(Br)cc(Cl)c1Nc1c(C#N)cnc2cc(-c3ccc(CN4CCC(O)CC4)s3)ccc12. The largest absolute Gasteiger partial charge is 0.393 e. The van der Waals surface area contributed by atoms with Crippen molar-refractivity contribution in [3.05, 3.63) is 74.2 Å². The van der Waals surface area contributed by atoms with Crippen molar-refractivity contribution < 1.29 is 5.11 Å². The first-order chi connectivity index (χ1) is 16.9. The second-order valence-corrected chi connectivity index (χ2v) is 11.4. The normalized spacial score (nSPS) is 14.8. The van der Waals surface area contributed by atoms with Gasteiger partial charge in [-0.3, -0.25) is 9.88 Å². The predicted molar refractivity (Wildman–Crippen MR) is 147 cm³/mol. The molecule has 2 aromatic carbocycles. The number of likely N-dealkylation sites (tertiary alicyclic amines) is 1. The van der Waals surface area contributed by atoms with Crippen LogP contribution in [-0.4, -0.2) is 34.2 Å². The number of anilines is 2. The Kier molecular flexibility index (Phi) is 7.10. The van der Waals surface area contributed by atoms with Crippen LogP contribution < -0.4 is 5.32 Å². The van der Waals surface area contributed by atoms with Crippen molar-refractivity contribution in [2.45, 2.75) is 32.4 Å². The number of nitrogens with zero attached hydrogens (tertiary/aromatic N) is 3. The fraction of sp³-hybridized carbons (Fsp3) is 0.259. The van der Waals surface area contributed by atoms with E-state index in [1.54, 1.807) is 17.5 Å². The first-order valence-electron chi connectivity index (χ1n) is 11.5. The molecule has 3 heterocycles. The molecule has 1 fully saturated rings. The predicted octanol–water partition coefficient (Wildman–Crippen LogP) is 7.26. The highest BCUT2D eigenvalue weighted by atomic mass is 79.9. The number of piperidine rings is 1. The number of aliphatic hydroxyl groups is 1. The van der Waals surface area contributed by atoms with Gasteiger partial charge in [0.1, 0.15) is 6.07 Å². The van der Waals surface area contributed by atoms with Crippen molar-refractivity contribution in [3.63, 3.8) is 0 Å². The third-order valence-electron chi connectivity index (χ3n) is 6.37. The number of fused-ring (bicyclic) bond motifs is 1. The van der Waals surface area contributed by atoms with E-state index in [1.165, 1.54) is 9.75 Å². The molecular weight excluding hydrogens is 544 g/mol. The fourth-order valence-corrected chi connectivity index (χ4v) is 6.53. The van der Waals surface area contributed by atoms with Gasteiger partial charge in [0.2, 0.25) is 0 Å². The average Bonchev–Trinajstić information content (AvgIpc) is 3.31. The molecule has 35 heavy (non-hydrogen) atoms. The zero-order valence-electron chi connectivity index (χ0n) is 19.2. The standard InChI is InChI=1S/C27H24BrClN4OS/c1-16-10-19(28)12-23(29)26(16)32-27-18(13-30)14-31-24-11-17(2-4-22(24)27)25-5-3-21(35-25)15-33-8-6-20(34)7-9-33/h2-5,10-12,14,20,34H,6-9,15H2,1H3,(H,31,32). The van der Waals surface area contributed by atoms with Gasteiger partial charge in [0, 0.05) is 45.4 Å². The van der Waals surface area contributed by atoms with Gasteiger partial charge in [0.15, 0.2) is 0 Å². The third-order valence-corrected chi connectivity index (χ3v) is 8.25. The van der Waals surface area contributed by atoms with Crippen molar-refractivity contribution in [1.29, 1.82) is 5.26 Å². The molecule has 1 aliphatic rings. The van der Waals surface area contributed by atoms with Gasteiger partial charge in [-0.1, -0.05) is 39.7 Å². The number of hydrogen-bond donors (Lipinski definition) is 2. The van der Waals surface area contributed by atoms with E-state index >= 15 is 0 Å². The molecule has 1 aliphatic heterocycles. The molecule has 0 amide bonds. The van der Waals surface area contributed by atoms with Gasteiger partial charge in [-0.25, -0.2) is 0 Å². The second kappa shape index (κ2) is 10.3. The highest BCUT2D eigenvalue weighted by Gasteiger charge is 2.18. The molecule has 2 N–H and O–H groups in total. The summed E-state index contributed by atoms with van der Waals surface area (Å²) in [6, 6.07) is 16.6. The van der Waals surface area contributed by atoms with Crippen LogP contribution in [-0.2, 0) is 6.54 Å². The van der Waals surface area contributed by atoms with E-state index in [4.69, 9.17) is 11.6 Å². The first-order valence-corrected chi connectivity index (χ1v) is 13.4. The van der Waals surface area contributed by atoms with E-state index in [-0.39, 0.29) is 6.10 Å². The molecule has 5 nitrogen and oxygen atoms in total. The molecule has 0 atom stereocenters. The second-order valence-electron chi connectivity index (χ2n) is 8.87. The lowest BCUT2D eigenvalue weighted by Gasteiger charge is -2.28. The lowest BCUT2D eigenvalue weighted by Crippen LogP contribution is -2.35. The molecule has 4 aromatic rings. The van der Waals surface area contributed by atoms with Gasteiger partial charge in [-0.05, 0) is 61.2 Å². The smallest absolute Gasteiger partial charge is 0.103 e. The Morgan fingerprint density at radius 2 is 2.00 bits per heavy atom. The highest BCUT2D eigenvalue weighted by Crippen LogP contribution is 2.37. The van der Waals surface area contributed by atoms with Crippen LogP contribution in [0.2, 0.25) is 5.02 Å². The summed E-state index contributed by atoms with van der Waals surface area (Å²) in [5.74, 6) is 0. The number of aliphatic hydroxyl groups excluding tert-OH is 1. The number of nitrogens with one attached hydrogen (secondary N) is 1. The maximum Gasteiger partial charge on any atom is 0.103 e. The van der Waals surface area contributed by atoms with E-state index in [0.717, 1.165) is 64.7 Å². The van der Waals surface area contributed by atoms with Crippen molar-refractivity contribution in [3.8, 4) is 16.5 Å². The van der Waals surface area contributed by atoms with E-state index < -0.39 is 0 Å². The molecule has 1 saturated heterocycles. The zero-order valence-corrected chi connectivity index (χ0v) is 22.3. The van der Waals surface area contributed by atoms with Gasteiger partial charge in [-0.2, -0.15) is 5.26 Å². The number of benzene rings is 2. The monoisotopic (exact) mass is 566 g/mol. The van der Waals surface area contributed by atoms with Crippen molar-refractivity contribution in [2.24, 2.45) is 0 Å². The van der Waals surface area contributed by atoms with Gasteiger partial charge in [0.25, 0.3) is 0 Å². The topological polar surface area (TPSA) is 72.2 Å². The molecule has 0 unspecified atom stereocenters. The number of aryl methyl sites for hydroxylation is 1. The Labute approximate surface area is 222 Å². The molecular formula is C27H24BrClN4OS. The minimum Gasteiger partial charge on any atom is -0.393 e. The lowest BCUT2D eigenvalue weighted by molar-refractivity contribution is 0.0797. The highest BCUT2D eigenvalue weighted by molar-refractivity contribution is 9.10. The van der Waals surface area contributed by atoms with Crippen molar-refractivity contribution in [1.82, 2.24) is 9.88 Å². The lowest BCUT2D eigenvalue weighted by atomic mass is 10.1. The summed E-state index contributed by atoms with van der Waals surface area (Å²) in [4.78, 5) is 9.48. The molecule has 0 bridgehead atoms. The van der Waals surface area contributed by atoms with Crippen LogP contribution in [0.5, 0.6) is 0 Å². The zero-order chi connectivity index (χ0) is 24.5. The van der Waals surface area contributed by atoms with E-state index in [0.29, 0.717) is 16.3 Å². The maximum atomic E-state index is 9.74. The number of halogens is 2. The Morgan fingerprint density at radius 1 is 1.20 bits per heavy atom. The van der Waals surface area contributed by atoms with Gasteiger partial charge < -0.3 is 10.4 Å². The summed E-state index contributed by atoms with van der Waals surface area (Å²) in [5, 5.41) is 24.3. The van der Waals surface area contributed by atoms with Gasteiger partial charge in [0.05, 0.1) is 33.6 Å². The summed E-state index contributed by atoms with van der Waals surface area (Å²) in [7, 11) is 0. The van der Waals surface area contributed by atoms with E-state index in [1.807, 2.05) is 25.1 Å². The molecule has 0 radical (unpaired) electrons. The number of pyridine rings is 1. The summed E-state index contributed by atoms with van der Waals surface area (Å²) in [5.41, 5.74) is 4.84. The van der Waals surface area contributed by atoms with Gasteiger partial charge in [-0.15, -0.1) is 11.3 Å². The van der Waals surface area contributed by atoms with Crippen LogP contribution in [0, 0.1) is 18.3 Å². The minimum atomic E-state index is -0.153. The first kappa shape index (κ1) is 24.2. The van der Waals surface area contributed by atoms with Crippen molar-refractivity contribution in [2.75, 3.05) is 18.4 Å². The van der Waals surface area contributed by atoms with Crippen LogP contribution in [0.3, 0.4) is 0 Å². The quantitative estimate of drug-likeness (QED) is 0.266. The maximum absolute atomic E-state index is 9.74. The molecule has 8 heteroatoms. The third kappa shape index (κ3) is 5.23. The molecule has 0 spiro atoms. The van der Waals surface area contributed by atoms with Crippen LogP contribution in [0.4, 0.5) is 11.4 Å². The van der Waals surface area contributed by atoms with Gasteiger partial charge >= 0.3 is 0 Å². The Balaban J connectivity index is 1.45. The van der Waals surface area contributed by atoms with Crippen LogP contribution in [0.25, 0.3) is 21.3 Å². The molecule has 0 aliphatic carbocycles. The summed E-state index contributed by atoms with van der Waals surface area (Å²) in [6.07, 6.45) is 3.16. The van der Waals surface area contributed by atoms with E-state index in [2.05, 4.69) is 61.5 Å². The number of thiophene rings is 1. The molecule has 178 valence electrons. The Bertz CT molecular complexity index is 1420. The fourth-order valence-electron chi connectivity index (χ4n) is 4.47. The molecule has 5 rings (SSSR count). The Morgan fingerprint density at radius 3 is 2.74 bits per heavy atom. The minimum absolute atomic E-state index is 0.153. The van der Waals surface area contributed by atoms with Crippen molar-refractivity contribution >= 4 is 61.1 Å². The average molecular weight is 568 g/mol. The van der Waals surface area contributed by atoms with Crippen LogP contribution in [0.15, 0.2) is 53.1 Å². The van der Waals surface area contributed by atoms with Crippen LogP contribution >= 0.6 is 38.9 Å². The number of rotatable bonds is 5. The number of aromatic nitrogens is 1. The van der Waals surface area contributed by atoms with Crippen LogP contribution in [0.1, 0.15) is 28.8 Å². The summed E-state index contributed by atoms with van der Waals surface area (Å²) >= 11 is 11.8. The molecule has 0 saturated carbocycles. The number of nitriles is 1. The summed E-state index contributed by atoms with van der Waals surface area (Å²) in [6.45, 7) is 4.77. The Hall–Kier alpha value is -2.47. The number of hydrogen-bond acceptors (Lipinski definition) is 6.